The highest BCUT2D eigenvalue weighted by Crippen LogP contribution is 2.46. The Kier molecular flexibility index (Phi) is 8.00. The van der Waals surface area contributed by atoms with Crippen LogP contribution in [0.15, 0.2) is 218 Å². The summed E-state index contributed by atoms with van der Waals surface area (Å²) in [6.07, 6.45) is 0.875. The largest absolute Gasteiger partial charge is 0.0622 e. The van der Waals surface area contributed by atoms with Crippen molar-refractivity contribution in [2.75, 3.05) is 0 Å². The standard InChI is InChI=1S/C57H38/c1-3-13-38(14-4-1)33-39-23-31-51-54(34-39)56(43-27-25-42(26-28-43)53-37-46-19-9-10-20-48(46)49-21-11-12-22-50(49)53)52-32-30-45(40-15-5-2-6-16-40)36-55(52)57(51)47-29-24-41-17-7-8-18-44(41)35-47/h1-32,34-37H,33H2. The van der Waals surface area contributed by atoms with Crippen LogP contribution < -0.4 is 0 Å². The third kappa shape index (κ3) is 5.86. The molecule has 11 rings (SSSR count). The monoisotopic (exact) mass is 722 g/mol. The lowest BCUT2D eigenvalue weighted by Crippen LogP contribution is -1.94. The first-order valence-corrected chi connectivity index (χ1v) is 19.9. The minimum absolute atomic E-state index is 0.875. The van der Waals surface area contributed by atoms with Crippen LogP contribution in [0.1, 0.15) is 11.1 Å². The molecule has 0 aliphatic carbocycles. The molecule has 0 radical (unpaired) electrons. The molecule has 11 aromatic carbocycles. The molecule has 0 heteroatoms. The van der Waals surface area contributed by atoms with Crippen LogP contribution in [-0.4, -0.2) is 0 Å². The van der Waals surface area contributed by atoms with Crippen LogP contribution >= 0.6 is 0 Å². The Balaban J connectivity index is 1.18. The van der Waals surface area contributed by atoms with E-state index in [1.165, 1.54) is 109 Å². The van der Waals surface area contributed by atoms with Crippen molar-refractivity contribution < 1.29 is 0 Å². The number of benzene rings is 11. The Labute approximate surface area is 332 Å². The van der Waals surface area contributed by atoms with Crippen LogP contribution in [0.2, 0.25) is 0 Å². The highest BCUT2D eigenvalue weighted by molar-refractivity contribution is 6.22. The molecule has 0 heterocycles. The molecule has 11 aromatic rings. The molecule has 0 saturated carbocycles. The van der Waals surface area contributed by atoms with Gasteiger partial charge in [-0.1, -0.05) is 200 Å². The van der Waals surface area contributed by atoms with Gasteiger partial charge in [0.1, 0.15) is 0 Å². The molecule has 0 bridgehead atoms. The van der Waals surface area contributed by atoms with Crippen molar-refractivity contribution in [2.45, 2.75) is 6.42 Å². The predicted molar refractivity (Wildman–Crippen MR) is 245 cm³/mol. The van der Waals surface area contributed by atoms with Crippen molar-refractivity contribution >= 4 is 53.9 Å². The average molecular weight is 723 g/mol. The molecule has 0 nitrogen and oxygen atoms in total. The van der Waals surface area contributed by atoms with Gasteiger partial charge >= 0.3 is 0 Å². The summed E-state index contributed by atoms with van der Waals surface area (Å²) < 4.78 is 0. The van der Waals surface area contributed by atoms with Crippen molar-refractivity contribution in [2.24, 2.45) is 0 Å². The van der Waals surface area contributed by atoms with Crippen molar-refractivity contribution in [3.05, 3.63) is 230 Å². The first-order valence-electron chi connectivity index (χ1n) is 19.9. The van der Waals surface area contributed by atoms with E-state index < -0.39 is 0 Å². The van der Waals surface area contributed by atoms with Crippen molar-refractivity contribution in [3.63, 3.8) is 0 Å². The Morgan fingerprint density at radius 1 is 0.228 bits per heavy atom. The predicted octanol–water partition coefficient (Wildman–Crippen LogP) is 15.7. The zero-order chi connectivity index (χ0) is 37.7. The summed E-state index contributed by atoms with van der Waals surface area (Å²) in [6, 6.07) is 80.8. The molecule has 266 valence electrons. The van der Waals surface area contributed by atoms with E-state index in [1.54, 1.807) is 0 Å². The molecule has 0 aliphatic heterocycles. The van der Waals surface area contributed by atoms with Crippen LogP contribution in [0.3, 0.4) is 0 Å². The van der Waals surface area contributed by atoms with E-state index in [9.17, 15) is 0 Å². The zero-order valence-electron chi connectivity index (χ0n) is 31.5. The molecular formula is C57H38. The Bertz CT molecular complexity index is 3280. The van der Waals surface area contributed by atoms with E-state index in [0.29, 0.717) is 0 Å². The van der Waals surface area contributed by atoms with Gasteiger partial charge in [0.05, 0.1) is 0 Å². The first kappa shape index (κ1) is 33.1. The summed E-state index contributed by atoms with van der Waals surface area (Å²) in [5.41, 5.74) is 12.5. The quantitative estimate of drug-likeness (QED) is 0.118. The third-order valence-corrected chi connectivity index (χ3v) is 11.8. The van der Waals surface area contributed by atoms with Crippen molar-refractivity contribution in [1.82, 2.24) is 0 Å². The van der Waals surface area contributed by atoms with Gasteiger partial charge in [-0.15, -0.1) is 0 Å². The Morgan fingerprint density at radius 2 is 0.789 bits per heavy atom. The summed E-state index contributed by atoms with van der Waals surface area (Å²) >= 11 is 0. The topological polar surface area (TPSA) is 0 Å². The highest BCUT2D eigenvalue weighted by Gasteiger charge is 2.19. The summed E-state index contributed by atoms with van der Waals surface area (Å²) in [5.74, 6) is 0. The molecule has 0 aromatic heterocycles. The van der Waals surface area contributed by atoms with E-state index in [-0.39, 0.29) is 0 Å². The lowest BCUT2D eigenvalue weighted by molar-refractivity contribution is 1.20. The van der Waals surface area contributed by atoms with Gasteiger partial charge in [0.25, 0.3) is 0 Å². The number of fused-ring (bicyclic) bond motifs is 6. The van der Waals surface area contributed by atoms with E-state index in [1.807, 2.05) is 0 Å². The second kappa shape index (κ2) is 13.8. The zero-order valence-corrected chi connectivity index (χ0v) is 31.5. The molecular weight excluding hydrogens is 685 g/mol. The first-order chi connectivity index (χ1) is 28.2. The SMILES string of the molecule is c1ccc(Cc2ccc3c(-c4ccc5ccccc5c4)c4cc(-c5ccccc5)ccc4c(-c4ccc(-c5cc6ccccc6c6ccccc56)cc4)c3c2)cc1. The van der Waals surface area contributed by atoms with Gasteiger partial charge in [-0.05, 0) is 134 Å². The van der Waals surface area contributed by atoms with E-state index >= 15 is 0 Å². The fourth-order valence-electron chi connectivity index (χ4n) is 9.10. The summed E-state index contributed by atoms with van der Waals surface area (Å²) in [5, 5.41) is 12.7. The van der Waals surface area contributed by atoms with E-state index in [0.717, 1.165) is 6.42 Å². The third-order valence-electron chi connectivity index (χ3n) is 11.8. The molecule has 0 spiro atoms. The Morgan fingerprint density at radius 3 is 1.58 bits per heavy atom. The highest BCUT2D eigenvalue weighted by atomic mass is 14.2. The van der Waals surface area contributed by atoms with Gasteiger partial charge in [0, 0.05) is 0 Å². The molecule has 0 N–H and O–H groups in total. The lowest BCUT2D eigenvalue weighted by atomic mass is 9.83. The number of hydrogen-bond donors (Lipinski definition) is 0. The average Bonchev–Trinajstić information content (AvgIpc) is 3.28. The van der Waals surface area contributed by atoms with Crippen LogP contribution in [0.4, 0.5) is 0 Å². The van der Waals surface area contributed by atoms with Crippen molar-refractivity contribution in [1.29, 1.82) is 0 Å². The lowest BCUT2D eigenvalue weighted by Gasteiger charge is -2.20. The van der Waals surface area contributed by atoms with E-state index in [4.69, 9.17) is 0 Å². The fraction of sp³-hybridized carbons (Fsp3) is 0.0175. The molecule has 0 fully saturated rings. The molecule has 0 aliphatic rings. The smallest absolute Gasteiger partial charge is 0.00255 e. The fourth-order valence-corrected chi connectivity index (χ4v) is 9.10. The van der Waals surface area contributed by atoms with Crippen LogP contribution in [-0.2, 0) is 6.42 Å². The maximum absolute atomic E-state index is 2.46. The van der Waals surface area contributed by atoms with Crippen LogP contribution in [0, 0.1) is 0 Å². The Hall–Kier alpha value is -7.28. The van der Waals surface area contributed by atoms with E-state index in [2.05, 4.69) is 218 Å². The van der Waals surface area contributed by atoms with Gasteiger partial charge in [0.2, 0.25) is 0 Å². The van der Waals surface area contributed by atoms with Gasteiger partial charge in [-0.3, -0.25) is 0 Å². The van der Waals surface area contributed by atoms with Gasteiger partial charge in [-0.2, -0.15) is 0 Å². The van der Waals surface area contributed by atoms with Crippen molar-refractivity contribution in [3.8, 4) is 44.5 Å². The summed E-state index contributed by atoms with van der Waals surface area (Å²) in [4.78, 5) is 0. The molecule has 0 unspecified atom stereocenters. The van der Waals surface area contributed by atoms with Crippen LogP contribution in [0.25, 0.3) is 98.4 Å². The summed E-state index contributed by atoms with van der Waals surface area (Å²) in [6.45, 7) is 0. The maximum Gasteiger partial charge on any atom is -0.00255 e. The normalized spacial score (nSPS) is 11.6. The molecule has 57 heavy (non-hydrogen) atoms. The summed E-state index contributed by atoms with van der Waals surface area (Å²) in [7, 11) is 0. The molecule has 0 saturated heterocycles. The number of hydrogen-bond acceptors (Lipinski definition) is 0. The van der Waals surface area contributed by atoms with Gasteiger partial charge < -0.3 is 0 Å². The molecule has 0 atom stereocenters. The van der Waals surface area contributed by atoms with Crippen LogP contribution in [0.5, 0.6) is 0 Å². The van der Waals surface area contributed by atoms with Gasteiger partial charge in [0.15, 0.2) is 0 Å². The second-order valence-electron chi connectivity index (χ2n) is 15.2. The van der Waals surface area contributed by atoms with Gasteiger partial charge in [-0.25, -0.2) is 0 Å². The minimum atomic E-state index is 0.875. The maximum atomic E-state index is 2.46. The molecule has 0 amide bonds. The second-order valence-corrected chi connectivity index (χ2v) is 15.2. The minimum Gasteiger partial charge on any atom is -0.0622 e. The number of rotatable bonds is 6.